The number of benzene rings is 3. The predicted octanol–water partition coefficient (Wildman–Crippen LogP) is 9.89. The van der Waals surface area contributed by atoms with Gasteiger partial charge in [-0.15, -0.1) is 12.6 Å². The minimum Gasteiger partial charge on any atom is -0.358 e. The Morgan fingerprint density at radius 1 is 0.944 bits per heavy atom. The molecule has 36 heavy (non-hydrogen) atoms. The molecule has 3 heteroatoms. The van der Waals surface area contributed by atoms with Crippen LogP contribution in [0.5, 0.6) is 0 Å². The predicted molar refractivity (Wildman–Crippen MR) is 160 cm³/mol. The van der Waals surface area contributed by atoms with Crippen LogP contribution >= 0.6 is 12.6 Å². The summed E-state index contributed by atoms with van der Waals surface area (Å²) in [5.74, 6) is 0. The van der Waals surface area contributed by atoms with Crippen molar-refractivity contribution in [3.05, 3.63) is 113 Å². The van der Waals surface area contributed by atoms with Crippen molar-refractivity contribution in [2.75, 3.05) is 5.32 Å². The first-order valence-electron chi connectivity index (χ1n) is 12.8. The number of halogens is 1. The molecule has 0 aliphatic carbocycles. The van der Waals surface area contributed by atoms with Crippen molar-refractivity contribution in [2.24, 2.45) is 0 Å². The van der Waals surface area contributed by atoms with E-state index in [1.165, 1.54) is 16.7 Å². The molecule has 0 saturated heterocycles. The van der Waals surface area contributed by atoms with Crippen molar-refractivity contribution in [1.82, 2.24) is 0 Å². The Morgan fingerprint density at radius 3 is 2.14 bits per heavy atom. The van der Waals surface area contributed by atoms with Gasteiger partial charge in [0, 0.05) is 17.0 Å². The molecule has 0 atom stereocenters. The van der Waals surface area contributed by atoms with E-state index < -0.39 is 5.67 Å². The fourth-order valence-electron chi connectivity index (χ4n) is 4.38. The second-order valence-corrected chi connectivity index (χ2v) is 10.3. The number of alkyl halides is 1. The number of allylic oxidation sites excluding steroid dienone is 2. The maximum Gasteiger partial charge on any atom is 0.130 e. The van der Waals surface area contributed by atoms with Gasteiger partial charge in [-0.3, -0.25) is 0 Å². The number of anilines is 1. The second kappa shape index (κ2) is 13.5. The lowest BCUT2D eigenvalue weighted by molar-refractivity contribution is 0.220. The van der Waals surface area contributed by atoms with Crippen molar-refractivity contribution in [1.29, 1.82) is 0 Å². The largest absolute Gasteiger partial charge is 0.358 e. The molecule has 0 aromatic heterocycles. The average Bonchev–Trinajstić information content (AvgIpc) is 2.83. The van der Waals surface area contributed by atoms with Gasteiger partial charge < -0.3 is 5.32 Å². The minimum absolute atomic E-state index is 0.658. The average molecular weight is 504 g/mol. The zero-order valence-electron chi connectivity index (χ0n) is 22.8. The first-order chi connectivity index (χ1) is 17.0. The number of nitrogens with one attached hydrogen (secondary N) is 1. The Kier molecular flexibility index (Phi) is 11.0. The molecular weight excluding hydrogens is 461 g/mol. The van der Waals surface area contributed by atoms with Crippen molar-refractivity contribution in [2.45, 2.75) is 77.8 Å². The van der Waals surface area contributed by atoms with Crippen LogP contribution in [-0.4, -0.2) is 0 Å². The summed E-state index contributed by atoms with van der Waals surface area (Å²) in [4.78, 5) is 0.937. The smallest absolute Gasteiger partial charge is 0.130 e. The van der Waals surface area contributed by atoms with Crippen LogP contribution in [0, 0.1) is 6.92 Å². The van der Waals surface area contributed by atoms with E-state index in [4.69, 9.17) is 0 Å². The monoisotopic (exact) mass is 503 g/mol. The molecule has 0 aliphatic heterocycles. The molecule has 0 amide bonds. The second-order valence-electron chi connectivity index (χ2n) is 9.81. The molecule has 3 aromatic rings. The highest BCUT2D eigenvalue weighted by Crippen LogP contribution is 2.32. The molecule has 3 aromatic carbocycles. The zero-order valence-corrected chi connectivity index (χ0v) is 23.7. The molecule has 0 heterocycles. The van der Waals surface area contributed by atoms with E-state index >= 15 is 0 Å². The highest BCUT2D eigenvalue weighted by molar-refractivity contribution is 7.80. The van der Waals surface area contributed by atoms with Crippen LogP contribution in [0.15, 0.2) is 84.4 Å². The van der Waals surface area contributed by atoms with E-state index in [-0.39, 0.29) is 0 Å². The van der Waals surface area contributed by atoms with Crippen LogP contribution in [0.4, 0.5) is 10.1 Å². The van der Waals surface area contributed by atoms with Crippen LogP contribution in [0.25, 0.3) is 5.57 Å². The molecule has 0 fully saturated rings. The molecular formula is C33H42FNS. The van der Waals surface area contributed by atoms with Gasteiger partial charge in [-0.2, -0.15) is 0 Å². The van der Waals surface area contributed by atoms with Gasteiger partial charge in [-0.1, -0.05) is 93.6 Å². The van der Waals surface area contributed by atoms with E-state index in [0.29, 0.717) is 6.42 Å². The van der Waals surface area contributed by atoms with Gasteiger partial charge in [0.2, 0.25) is 0 Å². The lowest BCUT2D eigenvalue weighted by Crippen LogP contribution is -2.13. The SMILES string of the molecule is C=C(C)c1ccccc1.C=C(Cc1cccc(C(C)(C)F)c1C)Nc1c(S)ccc(CC)c1CCC. The van der Waals surface area contributed by atoms with Gasteiger partial charge in [-0.05, 0) is 80.0 Å². The van der Waals surface area contributed by atoms with Crippen LogP contribution in [0.2, 0.25) is 0 Å². The third kappa shape index (κ3) is 8.13. The quantitative estimate of drug-likeness (QED) is 0.277. The summed E-state index contributed by atoms with van der Waals surface area (Å²) in [5, 5.41) is 3.51. The number of hydrogen-bond acceptors (Lipinski definition) is 2. The molecule has 0 saturated carbocycles. The number of aryl methyl sites for hydroxylation is 1. The van der Waals surface area contributed by atoms with Gasteiger partial charge in [0.25, 0.3) is 0 Å². The maximum atomic E-state index is 14.5. The maximum absolute atomic E-state index is 14.5. The Labute approximate surface area is 224 Å². The topological polar surface area (TPSA) is 12.0 Å². The molecule has 0 unspecified atom stereocenters. The fraction of sp³-hybridized carbons (Fsp3) is 0.333. The van der Waals surface area contributed by atoms with Crippen LogP contribution in [0.1, 0.15) is 74.4 Å². The first-order valence-corrected chi connectivity index (χ1v) is 13.2. The standard InChI is InChI=1S/C24H32FNS.C9H10/c1-7-10-20-18(8-2)13-14-22(27)23(20)26-16(3)15-19-11-9-12-21(17(19)4)24(5,6)25;1-8(2)9-6-4-3-5-7-9/h9,11-14,26-27H,3,7-8,10,15H2,1-2,4-6H3;3-7H,1H2,2H3. The van der Waals surface area contributed by atoms with E-state index in [9.17, 15) is 4.39 Å². The summed E-state index contributed by atoms with van der Waals surface area (Å²) < 4.78 is 14.5. The lowest BCUT2D eigenvalue weighted by Gasteiger charge is -2.22. The Morgan fingerprint density at radius 2 is 1.61 bits per heavy atom. The van der Waals surface area contributed by atoms with E-state index in [0.717, 1.165) is 57.8 Å². The Balaban J connectivity index is 0.000000425. The summed E-state index contributed by atoms with van der Waals surface area (Å²) >= 11 is 4.67. The molecule has 1 nitrogen and oxygen atoms in total. The van der Waals surface area contributed by atoms with Crippen molar-refractivity contribution in [3.8, 4) is 0 Å². The van der Waals surface area contributed by atoms with Crippen LogP contribution in [0.3, 0.4) is 0 Å². The zero-order chi connectivity index (χ0) is 26.9. The molecule has 0 aliphatic rings. The summed E-state index contributed by atoms with van der Waals surface area (Å²) in [6, 6.07) is 20.2. The van der Waals surface area contributed by atoms with E-state index in [1.807, 2.05) is 50.2 Å². The molecule has 0 bridgehead atoms. The highest BCUT2D eigenvalue weighted by atomic mass is 32.1. The van der Waals surface area contributed by atoms with Gasteiger partial charge in [0.1, 0.15) is 5.67 Å². The molecule has 0 radical (unpaired) electrons. The van der Waals surface area contributed by atoms with Gasteiger partial charge >= 0.3 is 0 Å². The lowest BCUT2D eigenvalue weighted by atomic mass is 9.90. The van der Waals surface area contributed by atoms with Gasteiger partial charge in [-0.25, -0.2) is 4.39 Å². The molecule has 1 N–H and O–H groups in total. The molecule has 192 valence electrons. The number of rotatable bonds is 9. The third-order valence-electron chi connectivity index (χ3n) is 6.33. The third-order valence-corrected chi connectivity index (χ3v) is 6.70. The summed E-state index contributed by atoms with van der Waals surface area (Å²) in [7, 11) is 0. The summed E-state index contributed by atoms with van der Waals surface area (Å²) in [5.41, 5.74) is 8.45. The summed E-state index contributed by atoms with van der Waals surface area (Å²) in [6.07, 6.45) is 3.75. The molecule has 3 rings (SSSR count). The first kappa shape index (κ1) is 29.5. The summed E-state index contributed by atoms with van der Waals surface area (Å²) in [6.45, 7) is 19.6. The van der Waals surface area contributed by atoms with Crippen molar-refractivity contribution in [3.63, 3.8) is 0 Å². The van der Waals surface area contributed by atoms with Gasteiger partial charge in [0.05, 0.1) is 5.69 Å². The highest BCUT2D eigenvalue weighted by Gasteiger charge is 2.22. The normalized spacial score (nSPS) is 10.9. The van der Waals surface area contributed by atoms with Crippen molar-refractivity contribution < 1.29 is 4.39 Å². The molecule has 0 spiro atoms. The Bertz CT molecular complexity index is 1170. The van der Waals surface area contributed by atoms with Crippen molar-refractivity contribution >= 4 is 23.9 Å². The van der Waals surface area contributed by atoms with E-state index in [1.54, 1.807) is 13.8 Å². The minimum atomic E-state index is -1.35. The van der Waals surface area contributed by atoms with Gasteiger partial charge in [0.15, 0.2) is 0 Å². The van der Waals surface area contributed by atoms with E-state index in [2.05, 4.69) is 69.2 Å². The van der Waals surface area contributed by atoms with Crippen LogP contribution < -0.4 is 5.32 Å². The Hall–Kier alpha value is -2.78. The fourth-order valence-corrected chi connectivity index (χ4v) is 4.64. The van der Waals surface area contributed by atoms with Crippen LogP contribution in [-0.2, 0) is 24.9 Å². The number of hydrogen-bond donors (Lipinski definition) is 2. The number of thiol groups is 1.